The number of amides is 2. The van der Waals surface area contributed by atoms with E-state index in [-0.39, 0.29) is 18.4 Å². The molecule has 2 saturated heterocycles. The lowest BCUT2D eigenvalue weighted by molar-refractivity contribution is -0.129. The van der Waals surface area contributed by atoms with Crippen molar-refractivity contribution in [2.75, 3.05) is 45.8 Å². The van der Waals surface area contributed by atoms with Crippen LogP contribution >= 0.6 is 0 Å². The van der Waals surface area contributed by atoms with Crippen molar-refractivity contribution in [2.45, 2.75) is 12.5 Å². The van der Waals surface area contributed by atoms with E-state index in [1.807, 2.05) is 23.1 Å². The largest absolute Gasteiger partial charge is 0.343 e. The first-order valence-electron chi connectivity index (χ1n) is 8.30. The fraction of sp³-hybridized carbons (Fsp3) is 0.529. The molecule has 6 nitrogen and oxygen atoms in total. The molecular weight excluding hydrogens is 292 g/mol. The van der Waals surface area contributed by atoms with E-state index in [1.165, 1.54) is 0 Å². The summed E-state index contributed by atoms with van der Waals surface area (Å²) in [7, 11) is 0. The Hall–Kier alpha value is -1.92. The van der Waals surface area contributed by atoms with Gasteiger partial charge in [-0.1, -0.05) is 18.2 Å². The summed E-state index contributed by atoms with van der Waals surface area (Å²) in [5.41, 5.74) is 0.584. The van der Waals surface area contributed by atoms with Gasteiger partial charge in [0.25, 0.3) is 5.91 Å². The van der Waals surface area contributed by atoms with Crippen LogP contribution in [0.3, 0.4) is 0 Å². The minimum Gasteiger partial charge on any atom is -0.343 e. The van der Waals surface area contributed by atoms with Crippen LogP contribution in [0.1, 0.15) is 16.8 Å². The molecule has 0 radical (unpaired) electrons. The van der Waals surface area contributed by atoms with Crippen LogP contribution < -0.4 is 10.6 Å². The SMILES string of the molecule is O=C(NCC(=O)N1CCC(N2CCNCC2)C1)c1ccccc1. The molecule has 23 heavy (non-hydrogen) atoms. The minimum atomic E-state index is -0.197. The summed E-state index contributed by atoms with van der Waals surface area (Å²) in [5, 5.41) is 6.07. The van der Waals surface area contributed by atoms with Gasteiger partial charge < -0.3 is 15.5 Å². The van der Waals surface area contributed by atoms with Gasteiger partial charge >= 0.3 is 0 Å². The molecular formula is C17H24N4O2. The highest BCUT2D eigenvalue weighted by Gasteiger charge is 2.30. The number of rotatable bonds is 4. The van der Waals surface area contributed by atoms with Gasteiger partial charge in [0.2, 0.25) is 5.91 Å². The lowest BCUT2D eigenvalue weighted by atomic mass is 10.2. The Bertz CT molecular complexity index is 543. The summed E-state index contributed by atoms with van der Waals surface area (Å²) in [6, 6.07) is 9.45. The van der Waals surface area contributed by atoms with E-state index in [0.29, 0.717) is 11.6 Å². The van der Waals surface area contributed by atoms with Gasteiger partial charge in [-0.3, -0.25) is 14.5 Å². The summed E-state index contributed by atoms with van der Waals surface area (Å²) in [4.78, 5) is 28.6. The molecule has 0 aromatic heterocycles. The number of hydrogen-bond acceptors (Lipinski definition) is 4. The second-order valence-electron chi connectivity index (χ2n) is 6.12. The zero-order chi connectivity index (χ0) is 16.1. The van der Waals surface area contributed by atoms with E-state index >= 15 is 0 Å². The third-order valence-corrected chi connectivity index (χ3v) is 4.62. The molecule has 2 aliphatic rings. The van der Waals surface area contributed by atoms with Crippen LogP contribution in [-0.2, 0) is 4.79 Å². The van der Waals surface area contributed by atoms with Crippen molar-refractivity contribution in [3.8, 4) is 0 Å². The molecule has 3 rings (SSSR count). The van der Waals surface area contributed by atoms with E-state index in [1.54, 1.807) is 12.1 Å². The first-order valence-corrected chi connectivity index (χ1v) is 8.30. The highest BCUT2D eigenvalue weighted by atomic mass is 16.2. The number of benzene rings is 1. The molecule has 2 fully saturated rings. The molecule has 2 N–H and O–H groups in total. The van der Waals surface area contributed by atoms with Crippen LogP contribution in [0, 0.1) is 0 Å². The van der Waals surface area contributed by atoms with Gasteiger partial charge in [-0.05, 0) is 18.6 Å². The molecule has 1 aromatic rings. The van der Waals surface area contributed by atoms with E-state index < -0.39 is 0 Å². The van der Waals surface area contributed by atoms with Gasteiger partial charge in [0.05, 0.1) is 6.54 Å². The smallest absolute Gasteiger partial charge is 0.251 e. The zero-order valence-corrected chi connectivity index (χ0v) is 13.3. The van der Waals surface area contributed by atoms with E-state index in [9.17, 15) is 9.59 Å². The minimum absolute atomic E-state index is 0.00640. The van der Waals surface area contributed by atoms with Crippen LogP contribution in [0.25, 0.3) is 0 Å². The van der Waals surface area contributed by atoms with Gasteiger partial charge in [-0.15, -0.1) is 0 Å². The quantitative estimate of drug-likeness (QED) is 0.816. The number of hydrogen-bond donors (Lipinski definition) is 2. The maximum atomic E-state index is 12.3. The Morgan fingerprint density at radius 3 is 2.61 bits per heavy atom. The molecule has 124 valence electrons. The number of carbonyl (C=O) groups is 2. The van der Waals surface area contributed by atoms with Crippen molar-refractivity contribution < 1.29 is 9.59 Å². The monoisotopic (exact) mass is 316 g/mol. The van der Waals surface area contributed by atoms with Crippen molar-refractivity contribution in [3.05, 3.63) is 35.9 Å². The van der Waals surface area contributed by atoms with Crippen LogP contribution in [0.2, 0.25) is 0 Å². The molecule has 1 unspecified atom stereocenters. The summed E-state index contributed by atoms with van der Waals surface area (Å²) >= 11 is 0. The molecule has 6 heteroatoms. The van der Waals surface area contributed by atoms with Crippen LogP contribution in [0.15, 0.2) is 30.3 Å². The molecule has 1 atom stereocenters. The molecule has 0 saturated carbocycles. The standard InChI is InChI=1S/C17H24N4O2/c22-16(12-19-17(23)14-4-2-1-3-5-14)21-9-6-15(13-21)20-10-7-18-8-11-20/h1-5,15,18H,6-13H2,(H,19,23). The molecule has 2 aliphatic heterocycles. The van der Waals surface area contributed by atoms with Gasteiger partial charge in [0.1, 0.15) is 0 Å². The molecule has 0 aliphatic carbocycles. The fourth-order valence-corrected chi connectivity index (χ4v) is 3.27. The normalized spacial score (nSPS) is 22.1. The lowest BCUT2D eigenvalue weighted by Crippen LogP contribution is -2.49. The molecule has 2 heterocycles. The summed E-state index contributed by atoms with van der Waals surface area (Å²) in [5.74, 6) is -0.191. The molecule has 0 spiro atoms. The Balaban J connectivity index is 1.45. The van der Waals surface area contributed by atoms with Crippen molar-refractivity contribution in [1.82, 2.24) is 20.4 Å². The van der Waals surface area contributed by atoms with Crippen molar-refractivity contribution >= 4 is 11.8 Å². The average molecular weight is 316 g/mol. The average Bonchev–Trinajstić information content (AvgIpc) is 3.11. The summed E-state index contributed by atoms with van der Waals surface area (Å²) in [6.45, 7) is 5.79. The highest BCUT2D eigenvalue weighted by molar-refractivity contribution is 5.96. The second kappa shape index (κ2) is 7.57. The van der Waals surface area contributed by atoms with Crippen molar-refractivity contribution in [1.29, 1.82) is 0 Å². The number of piperazine rings is 1. The van der Waals surface area contributed by atoms with Gasteiger partial charge in [0.15, 0.2) is 0 Å². The van der Waals surface area contributed by atoms with Crippen LogP contribution in [-0.4, -0.2) is 73.5 Å². The number of likely N-dealkylation sites (tertiary alicyclic amines) is 1. The first kappa shape index (κ1) is 16.0. The predicted molar refractivity (Wildman–Crippen MR) is 88.2 cm³/mol. The van der Waals surface area contributed by atoms with Crippen LogP contribution in [0.5, 0.6) is 0 Å². The molecule has 0 bridgehead atoms. The maximum Gasteiger partial charge on any atom is 0.251 e. The molecule has 2 amide bonds. The van der Waals surface area contributed by atoms with E-state index in [0.717, 1.165) is 45.7 Å². The molecule has 1 aromatic carbocycles. The zero-order valence-electron chi connectivity index (χ0n) is 13.3. The Labute approximate surface area is 136 Å². The predicted octanol–water partition coefficient (Wildman–Crippen LogP) is -0.0775. The van der Waals surface area contributed by atoms with Crippen LogP contribution in [0.4, 0.5) is 0 Å². The third-order valence-electron chi connectivity index (χ3n) is 4.62. The maximum absolute atomic E-state index is 12.3. The Kier molecular flexibility index (Phi) is 5.25. The van der Waals surface area contributed by atoms with Gasteiger partial charge in [0, 0.05) is 50.9 Å². The van der Waals surface area contributed by atoms with Gasteiger partial charge in [-0.25, -0.2) is 0 Å². The highest BCUT2D eigenvalue weighted by Crippen LogP contribution is 2.16. The topological polar surface area (TPSA) is 64.7 Å². The number of carbonyl (C=O) groups excluding carboxylic acids is 2. The summed E-state index contributed by atoms with van der Waals surface area (Å²) in [6.07, 6.45) is 1.03. The van der Waals surface area contributed by atoms with Crippen molar-refractivity contribution in [3.63, 3.8) is 0 Å². The van der Waals surface area contributed by atoms with Crippen molar-refractivity contribution in [2.24, 2.45) is 0 Å². The first-order chi connectivity index (χ1) is 11.2. The van der Waals surface area contributed by atoms with E-state index in [4.69, 9.17) is 0 Å². The fourth-order valence-electron chi connectivity index (χ4n) is 3.27. The Morgan fingerprint density at radius 1 is 1.13 bits per heavy atom. The number of nitrogens with zero attached hydrogens (tertiary/aromatic N) is 2. The van der Waals surface area contributed by atoms with Gasteiger partial charge in [-0.2, -0.15) is 0 Å². The Morgan fingerprint density at radius 2 is 1.87 bits per heavy atom. The summed E-state index contributed by atoms with van der Waals surface area (Å²) < 4.78 is 0. The van der Waals surface area contributed by atoms with E-state index in [2.05, 4.69) is 15.5 Å². The lowest BCUT2D eigenvalue weighted by Gasteiger charge is -2.32. The number of nitrogens with one attached hydrogen (secondary N) is 2. The second-order valence-corrected chi connectivity index (χ2v) is 6.12. The third kappa shape index (κ3) is 4.09.